The van der Waals surface area contributed by atoms with E-state index in [1.165, 1.54) is 32.1 Å². The fourth-order valence-corrected chi connectivity index (χ4v) is 3.67. The van der Waals surface area contributed by atoms with Crippen LogP contribution < -0.4 is 5.56 Å². The van der Waals surface area contributed by atoms with Crippen LogP contribution in [0.5, 0.6) is 0 Å². The van der Waals surface area contributed by atoms with E-state index >= 15 is 0 Å². The number of aromatic nitrogens is 4. The predicted octanol–water partition coefficient (Wildman–Crippen LogP) is 2.91. The summed E-state index contributed by atoms with van der Waals surface area (Å²) in [5.74, 6) is 2.79. The van der Waals surface area contributed by atoms with Gasteiger partial charge in [0.05, 0.1) is 5.69 Å². The third-order valence-corrected chi connectivity index (χ3v) is 5.16. The lowest BCUT2D eigenvalue weighted by atomic mass is 9.85. The van der Waals surface area contributed by atoms with Crippen molar-refractivity contribution in [3.63, 3.8) is 0 Å². The van der Waals surface area contributed by atoms with E-state index in [0.717, 1.165) is 36.6 Å². The number of aryl methyl sites for hydroxylation is 1. The minimum atomic E-state index is -0.0122. The largest absolute Gasteiger partial charge is 0.307 e. The van der Waals surface area contributed by atoms with Crippen molar-refractivity contribution < 1.29 is 0 Å². The highest BCUT2D eigenvalue weighted by atomic mass is 16.1. The Hall–Kier alpha value is -1.65. The van der Waals surface area contributed by atoms with E-state index in [0.29, 0.717) is 17.4 Å². The molecule has 2 aliphatic carbocycles. The lowest BCUT2D eigenvalue weighted by Crippen LogP contribution is -2.21. The lowest BCUT2D eigenvalue weighted by Gasteiger charge is -2.23. The summed E-state index contributed by atoms with van der Waals surface area (Å²) in [5.41, 5.74) is 1.55. The number of H-pyrrole nitrogens is 1. The number of fused-ring (bicyclic) bond motifs is 1. The van der Waals surface area contributed by atoms with Crippen molar-refractivity contribution in [2.75, 3.05) is 0 Å². The third-order valence-electron chi connectivity index (χ3n) is 5.16. The summed E-state index contributed by atoms with van der Waals surface area (Å²) in [4.78, 5) is 20.3. The maximum atomic E-state index is 12.5. The minimum Gasteiger partial charge on any atom is -0.307 e. The van der Waals surface area contributed by atoms with Crippen LogP contribution in [0.3, 0.4) is 0 Å². The number of aromatic amines is 1. The van der Waals surface area contributed by atoms with Crippen molar-refractivity contribution in [1.82, 2.24) is 19.6 Å². The summed E-state index contributed by atoms with van der Waals surface area (Å²) in [7, 11) is 0. The summed E-state index contributed by atoms with van der Waals surface area (Å²) in [5, 5.41) is 4.79. The van der Waals surface area contributed by atoms with Crippen LogP contribution in [0.4, 0.5) is 0 Å². The van der Waals surface area contributed by atoms with Gasteiger partial charge in [0, 0.05) is 11.8 Å². The van der Waals surface area contributed by atoms with Gasteiger partial charge in [0.1, 0.15) is 11.6 Å². The average Bonchev–Trinajstić information content (AvgIpc) is 3.05. The number of imidazole rings is 1. The molecule has 5 nitrogen and oxygen atoms in total. The molecule has 4 rings (SSSR count). The van der Waals surface area contributed by atoms with Crippen LogP contribution in [0.2, 0.25) is 0 Å². The van der Waals surface area contributed by atoms with Crippen LogP contribution in [0.1, 0.15) is 81.0 Å². The summed E-state index contributed by atoms with van der Waals surface area (Å²) in [6.45, 7) is 2.05. The van der Waals surface area contributed by atoms with Crippen LogP contribution in [0.15, 0.2) is 4.79 Å². The molecular weight excluding hydrogens is 264 g/mol. The van der Waals surface area contributed by atoms with Gasteiger partial charge in [0.2, 0.25) is 0 Å². The fourth-order valence-electron chi connectivity index (χ4n) is 3.67. The van der Waals surface area contributed by atoms with Crippen molar-refractivity contribution in [2.45, 2.75) is 70.1 Å². The predicted molar refractivity (Wildman–Crippen MR) is 80.8 cm³/mol. The summed E-state index contributed by atoms with van der Waals surface area (Å²) in [6.07, 6.45) is 9.16. The van der Waals surface area contributed by atoms with Gasteiger partial charge in [-0.2, -0.15) is 5.10 Å². The average molecular weight is 286 g/mol. The van der Waals surface area contributed by atoms with Gasteiger partial charge in [-0.3, -0.25) is 4.79 Å². The maximum Gasteiger partial charge on any atom is 0.277 e. The molecule has 0 atom stereocenters. The first-order valence-electron chi connectivity index (χ1n) is 8.29. The zero-order valence-electron chi connectivity index (χ0n) is 12.6. The van der Waals surface area contributed by atoms with Crippen LogP contribution in [0.25, 0.3) is 5.52 Å². The first-order chi connectivity index (χ1) is 10.3. The smallest absolute Gasteiger partial charge is 0.277 e. The molecule has 2 aromatic rings. The summed E-state index contributed by atoms with van der Waals surface area (Å²) in [6, 6.07) is 0. The molecule has 2 aliphatic rings. The minimum absolute atomic E-state index is 0.0122. The van der Waals surface area contributed by atoms with Gasteiger partial charge in [-0.05, 0) is 32.1 Å². The summed E-state index contributed by atoms with van der Waals surface area (Å²) >= 11 is 0. The van der Waals surface area contributed by atoms with Crippen molar-refractivity contribution in [3.05, 3.63) is 27.7 Å². The first kappa shape index (κ1) is 13.0. The fraction of sp³-hybridized carbons (Fsp3) is 0.688. The molecule has 0 saturated heterocycles. The van der Waals surface area contributed by atoms with Crippen molar-refractivity contribution in [3.8, 4) is 0 Å². The molecule has 0 aromatic carbocycles. The van der Waals surface area contributed by atoms with Gasteiger partial charge >= 0.3 is 0 Å². The second-order valence-electron chi connectivity index (χ2n) is 6.48. The molecule has 21 heavy (non-hydrogen) atoms. The topological polar surface area (TPSA) is 63.1 Å². The van der Waals surface area contributed by atoms with Crippen LogP contribution >= 0.6 is 0 Å². The van der Waals surface area contributed by atoms with E-state index in [2.05, 4.69) is 11.9 Å². The molecule has 0 spiro atoms. The monoisotopic (exact) mass is 286 g/mol. The van der Waals surface area contributed by atoms with Crippen molar-refractivity contribution >= 4 is 5.52 Å². The van der Waals surface area contributed by atoms with Gasteiger partial charge in [-0.1, -0.05) is 26.2 Å². The van der Waals surface area contributed by atoms with Crippen LogP contribution in [-0.2, 0) is 6.42 Å². The van der Waals surface area contributed by atoms with E-state index in [-0.39, 0.29) is 5.56 Å². The first-order valence-corrected chi connectivity index (χ1v) is 8.29. The molecule has 0 unspecified atom stereocenters. The molecular formula is C16H22N4O. The Kier molecular flexibility index (Phi) is 3.08. The second-order valence-corrected chi connectivity index (χ2v) is 6.48. The number of hydrogen-bond acceptors (Lipinski definition) is 3. The van der Waals surface area contributed by atoms with Gasteiger partial charge < -0.3 is 4.98 Å². The molecule has 0 bridgehead atoms. The molecule has 0 aliphatic heterocycles. The number of rotatable bonds is 3. The molecule has 0 radical (unpaired) electrons. The van der Waals surface area contributed by atoms with Crippen LogP contribution in [-0.4, -0.2) is 19.6 Å². The number of nitrogens with zero attached hydrogens (tertiary/aromatic N) is 3. The Morgan fingerprint density at radius 2 is 1.86 bits per heavy atom. The van der Waals surface area contributed by atoms with E-state index in [1.807, 2.05) is 4.52 Å². The Balaban J connectivity index is 1.90. The highest BCUT2D eigenvalue weighted by Gasteiger charge is 2.28. The normalized spacial score (nSPS) is 20.2. The molecule has 5 heteroatoms. The molecule has 1 N–H and O–H groups in total. The van der Waals surface area contributed by atoms with E-state index in [1.54, 1.807) is 0 Å². The van der Waals surface area contributed by atoms with E-state index in [4.69, 9.17) is 10.1 Å². The summed E-state index contributed by atoms with van der Waals surface area (Å²) < 4.78 is 1.87. The second kappa shape index (κ2) is 4.97. The molecule has 2 saturated carbocycles. The third kappa shape index (κ3) is 2.01. The molecule has 112 valence electrons. The molecule has 2 fully saturated rings. The highest BCUT2D eigenvalue weighted by Crippen LogP contribution is 2.36. The quantitative estimate of drug-likeness (QED) is 0.943. The van der Waals surface area contributed by atoms with Crippen molar-refractivity contribution in [1.29, 1.82) is 0 Å². The standard InChI is InChI=1S/C16H22N4O/c1-2-12-13-16(21)18-14(10-6-3-4-7-10)19-20(13)15(17-12)11-8-5-9-11/h10-11H,2-9H2,1H3,(H,18,19,21). The Morgan fingerprint density at radius 1 is 1.14 bits per heavy atom. The Labute approximate surface area is 123 Å². The zero-order valence-corrected chi connectivity index (χ0v) is 12.6. The SMILES string of the molecule is CCc1nc(C2CCC2)n2nc(C3CCCC3)[nH]c(=O)c12. The van der Waals surface area contributed by atoms with Crippen LogP contribution in [0, 0.1) is 0 Å². The zero-order chi connectivity index (χ0) is 14.4. The van der Waals surface area contributed by atoms with Gasteiger partial charge in [0.15, 0.2) is 5.52 Å². The maximum absolute atomic E-state index is 12.5. The molecule has 2 aromatic heterocycles. The lowest BCUT2D eigenvalue weighted by molar-refractivity contribution is 0.394. The van der Waals surface area contributed by atoms with Gasteiger partial charge in [-0.15, -0.1) is 0 Å². The Morgan fingerprint density at radius 3 is 2.48 bits per heavy atom. The Bertz CT molecular complexity index is 720. The van der Waals surface area contributed by atoms with Gasteiger partial charge in [-0.25, -0.2) is 9.50 Å². The van der Waals surface area contributed by atoms with Gasteiger partial charge in [0.25, 0.3) is 5.56 Å². The highest BCUT2D eigenvalue weighted by molar-refractivity contribution is 5.51. The molecule has 0 amide bonds. The van der Waals surface area contributed by atoms with Crippen molar-refractivity contribution in [2.24, 2.45) is 0 Å². The van der Waals surface area contributed by atoms with E-state index in [9.17, 15) is 4.79 Å². The number of hydrogen-bond donors (Lipinski definition) is 1. The molecule has 2 heterocycles. The number of nitrogens with one attached hydrogen (secondary N) is 1. The van der Waals surface area contributed by atoms with E-state index < -0.39 is 0 Å².